The normalized spacial score (nSPS) is 17.3. The topological polar surface area (TPSA) is 56.7 Å². The SMILES string of the molecule is COc1ccccc1[C@H]1C2=C(N=c3s/c(=C/c4ccc(C)o4)c(=O)n31)c1ccccc1CC2. The Kier molecular flexibility index (Phi) is 4.69. The van der Waals surface area contributed by atoms with Gasteiger partial charge in [-0.2, -0.15) is 0 Å². The largest absolute Gasteiger partial charge is 0.496 e. The van der Waals surface area contributed by atoms with Crippen LogP contribution in [0.5, 0.6) is 5.75 Å². The number of aromatic nitrogens is 1. The zero-order valence-corrected chi connectivity index (χ0v) is 19.2. The summed E-state index contributed by atoms with van der Waals surface area (Å²) in [6.45, 7) is 1.89. The molecule has 3 heterocycles. The van der Waals surface area contributed by atoms with Crippen molar-refractivity contribution in [3.05, 3.63) is 114 Å². The molecule has 1 atom stereocenters. The van der Waals surface area contributed by atoms with Gasteiger partial charge < -0.3 is 9.15 Å². The second kappa shape index (κ2) is 7.74. The molecule has 33 heavy (non-hydrogen) atoms. The van der Waals surface area contributed by atoms with Gasteiger partial charge in [-0.05, 0) is 49.1 Å². The molecule has 0 bridgehead atoms. The van der Waals surface area contributed by atoms with Crippen LogP contribution in [0.1, 0.15) is 40.7 Å². The summed E-state index contributed by atoms with van der Waals surface area (Å²) in [6, 6.07) is 19.9. The van der Waals surface area contributed by atoms with Crippen LogP contribution in [0.2, 0.25) is 0 Å². The second-order valence-electron chi connectivity index (χ2n) is 8.30. The van der Waals surface area contributed by atoms with Crippen LogP contribution in [0.25, 0.3) is 11.8 Å². The molecule has 2 aliphatic rings. The maximum atomic E-state index is 13.7. The number of allylic oxidation sites excluding steroid dienone is 1. The predicted octanol–water partition coefficient (Wildman–Crippen LogP) is 4.23. The van der Waals surface area contributed by atoms with E-state index in [1.165, 1.54) is 16.9 Å². The molecule has 0 N–H and O–H groups in total. The van der Waals surface area contributed by atoms with Crippen molar-refractivity contribution in [2.45, 2.75) is 25.8 Å². The molecule has 0 saturated carbocycles. The standard InChI is InChI=1S/C27H22N2O3S/c1-16-11-13-18(32-16)15-23-26(30)29-25(20-9-5-6-10-22(20)31-2)21-14-12-17-7-3-4-8-19(17)24(21)28-27(29)33-23/h3-11,13,15,25H,12,14H2,1-2H3/b23-15+/t25-/m0/s1. The van der Waals surface area contributed by atoms with Crippen molar-refractivity contribution >= 4 is 23.1 Å². The summed E-state index contributed by atoms with van der Waals surface area (Å²) in [5.41, 5.74) is 5.50. The number of thiazole rings is 1. The molecule has 0 saturated heterocycles. The van der Waals surface area contributed by atoms with E-state index in [1.807, 2.05) is 54.0 Å². The van der Waals surface area contributed by atoms with Gasteiger partial charge in [0.25, 0.3) is 5.56 Å². The lowest BCUT2D eigenvalue weighted by Crippen LogP contribution is -2.38. The average Bonchev–Trinajstić information content (AvgIpc) is 3.40. The van der Waals surface area contributed by atoms with Gasteiger partial charge in [0.15, 0.2) is 4.80 Å². The van der Waals surface area contributed by atoms with Crippen LogP contribution < -0.4 is 19.6 Å². The van der Waals surface area contributed by atoms with E-state index < -0.39 is 0 Å². The molecule has 4 aromatic rings. The van der Waals surface area contributed by atoms with E-state index in [1.54, 1.807) is 7.11 Å². The zero-order chi connectivity index (χ0) is 22.5. The Hall–Kier alpha value is -3.64. The molecule has 2 aromatic carbocycles. The molecule has 1 aliphatic heterocycles. The summed E-state index contributed by atoms with van der Waals surface area (Å²) in [6.07, 6.45) is 3.58. The number of fused-ring (bicyclic) bond motifs is 3. The number of ether oxygens (including phenoxy) is 1. The molecule has 5 nitrogen and oxygen atoms in total. The quantitative estimate of drug-likeness (QED) is 0.466. The molecule has 0 amide bonds. The van der Waals surface area contributed by atoms with Crippen molar-refractivity contribution in [2.24, 2.45) is 4.99 Å². The average molecular weight is 455 g/mol. The highest BCUT2D eigenvalue weighted by molar-refractivity contribution is 7.07. The van der Waals surface area contributed by atoms with Gasteiger partial charge in [-0.15, -0.1) is 0 Å². The molecule has 0 unspecified atom stereocenters. The summed E-state index contributed by atoms with van der Waals surface area (Å²) in [7, 11) is 1.67. The van der Waals surface area contributed by atoms with Crippen LogP contribution in [-0.2, 0) is 6.42 Å². The van der Waals surface area contributed by atoms with E-state index in [0.717, 1.165) is 46.7 Å². The Morgan fingerprint density at radius 1 is 1.09 bits per heavy atom. The molecule has 1 aliphatic carbocycles. The summed E-state index contributed by atoms with van der Waals surface area (Å²) in [5, 5.41) is 0. The number of nitrogens with zero attached hydrogens (tertiary/aromatic N) is 2. The van der Waals surface area contributed by atoms with Crippen molar-refractivity contribution in [1.82, 2.24) is 4.57 Å². The summed E-state index contributed by atoms with van der Waals surface area (Å²) in [4.78, 5) is 19.4. The Balaban J connectivity index is 1.66. The van der Waals surface area contributed by atoms with Crippen molar-refractivity contribution in [3.8, 4) is 5.75 Å². The Morgan fingerprint density at radius 2 is 1.91 bits per heavy atom. The number of rotatable bonds is 3. The van der Waals surface area contributed by atoms with E-state index in [9.17, 15) is 4.79 Å². The highest BCUT2D eigenvalue weighted by atomic mass is 32.1. The summed E-state index contributed by atoms with van der Waals surface area (Å²) in [5.74, 6) is 2.25. The molecule has 164 valence electrons. The van der Waals surface area contributed by atoms with Crippen LogP contribution >= 0.6 is 11.3 Å². The monoisotopic (exact) mass is 454 g/mol. The highest BCUT2D eigenvalue weighted by Gasteiger charge is 2.33. The molecule has 2 aromatic heterocycles. The minimum atomic E-state index is -0.263. The third kappa shape index (κ3) is 3.21. The van der Waals surface area contributed by atoms with Gasteiger partial charge in [-0.3, -0.25) is 9.36 Å². The maximum absolute atomic E-state index is 13.7. The van der Waals surface area contributed by atoms with Crippen LogP contribution in [-0.4, -0.2) is 11.7 Å². The number of furan rings is 1. The fraction of sp³-hybridized carbons (Fsp3) is 0.185. The Labute approximate surface area is 194 Å². The summed E-state index contributed by atoms with van der Waals surface area (Å²) >= 11 is 1.40. The van der Waals surface area contributed by atoms with Gasteiger partial charge in [0.2, 0.25) is 0 Å². The van der Waals surface area contributed by atoms with Crippen molar-refractivity contribution in [3.63, 3.8) is 0 Å². The molecule has 6 heteroatoms. The van der Waals surface area contributed by atoms with E-state index in [0.29, 0.717) is 15.1 Å². The number of aryl methyl sites for hydroxylation is 2. The minimum absolute atomic E-state index is 0.0610. The fourth-order valence-corrected chi connectivity index (χ4v) is 5.83. The third-order valence-electron chi connectivity index (χ3n) is 6.34. The van der Waals surface area contributed by atoms with E-state index in [2.05, 4.69) is 24.3 Å². The van der Waals surface area contributed by atoms with Gasteiger partial charge >= 0.3 is 0 Å². The smallest absolute Gasteiger partial charge is 0.271 e. The minimum Gasteiger partial charge on any atom is -0.496 e. The van der Waals surface area contributed by atoms with E-state index in [-0.39, 0.29) is 11.6 Å². The number of hydrogen-bond donors (Lipinski definition) is 0. The van der Waals surface area contributed by atoms with Crippen LogP contribution in [0.4, 0.5) is 0 Å². The maximum Gasteiger partial charge on any atom is 0.271 e. The first-order valence-electron chi connectivity index (χ1n) is 11.0. The summed E-state index contributed by atoms with van der Waals surface area (Å²) < 4.78 is 13.9. The first kappa shape index (κ1) is 20.0. The van der Waals surface area contributed by atoms with Gasteiger partial charge in [0, 0.05) is 17.2 Å². The van der Waals surface area contributed by atoms with Gasteiger partial charge in [-0.1, -0.05) is 53.8 Å². The highest BCUT2D eigenvalue weighted by Crippen LogP contribution is 2.43. The first-order valence-corrected chi connectivity index (χ1v) is 11.8. The third-order valence-corrected chi connectivity index (χ3v) is 7.32. The van der Waals surface area contributed by atoms with Crippen molar-refractivity contribution in [1.29, 1.82) is 0 Å². The Morgan fingerprint density at radius 3 is 2.73 bits per heavy atom. The zero-order valence-electron chi connectivity index (χ0n) is 18.4. The van der Waals surface area contributed by atoms with Crippen molar-refractivity contribution < 1.29 is 9.15 Å². The van der Waals surface area contributed by atoms with E-state index >= 15 is 0 Å². The van der Waals surface area contributed by atoms with Gasteiger partial charge in [-0.25, -0.2) is 4.99 Å². The number of methoxy groups -OCH3 is 1. The predicted molar refractivity (Wildman–Crippen MR) is 129 cm³/mol. The fourth-order valence-electron chi connectivity index (χ4n) is 4.85. The van der Waals surface area contributed by atoms with Crippen LogP contribution in [0.3, 0.4) is 0 Å². The van der Waals surface area contributed by atoms with Crippen LogP contribution in [0.15, 0.2) is 80.4 Å². The lowest BCUT2D eigenvalue weighted by molar-refractivity contribution is 0.402. The first-order chi connectivity index (χ1) is 16.1. The second-order valence-corrected chi connectivity index (χ2v) is 9.31. The Bertz CT molecular complexity index is 1600. The number of hydrogen-bond acceptors (Lipinski definition) is 5. The lowest BCUT2D eigenvalue weighted by atomic mass is 9.83. The molecule has 6 rings (SSSR count). The number of benzene rings is 2. The van der Waals surface area contributed by atoms with E-state index in [4.69, 9.17) is 14.1 Å². The van der Waals surface area contributed by atoms with Crippen LogP contribution in [0, 0.1) is 6.92 Å². The lowest BCUT2D eigenvalue weighted by Gasteiger charge is -2.31. The molecular weight excluding hydrogens is 432 g/mol. The van der Waals surface area contributed by atoms with Crippen molar-refractivity contribution in [2.75, 3.05) is 7.11 Å². The molecule has 0 fully saturated rings. The van der Waals surface area contributed by atoms with Gasteiger partial charge in [0.1, 0.15) is 17.3 Å². The molecule has 0 radical (unpaired) electrons. The van der Waals surface area contributed by atoms with Gasteiger partial charge in [0.05, 0.1) is 23.4 Å². The molecular formula is C27H22N2O3S. The number of para-hydroxylation sites is 1. The molecule has 0 spiro atoms.